The molecule has 0 amide bonds. The van der Waals surface area contributed by atoms with E-state index < -0.39 is 0 Å². The molecule has 1 unspecified atom stereocenters. The molecule has 0 bridgehead atoms. The van der Waals surface area contributed by atoms with E-state index in [0.29, 0.717) is 6.10 Å². The first-order valence-electron chi connectivity index (χ1n) is 8.06. The molecule has 1 heterocycles. The second-order valence-corrected chi connectivity index (χ2v) is 7.42. The lowest BCUT2D eigenvalue weighted by molar-refractivity contribution is -0.0488. The van der Waals surface area contributed by atoms with Crippen molar-refractivity contribution in [3.8, 4) is 0 Å². The zero-order valence-electron chi connectivity index (χ0n) is 11.9. The van der Waals surface area contributed by atoms with E-state index in [2.05, 4.69) is 6.92 Å². The van der Waals surface area contributed by atoms with Gasteiger partial charge in [0.15, 0.2) is 0 Å². The van der Waals surface area contributed by atoms with Crippen molar-refractivity contribution in [1.29, 1.82) is 0 Å². The van der Waals surface area contributed by atoms with Crippen molar-refractivity contribution >= 4 is 0 Å². The summed E-state index contributed by atoms with van der Waals surface area (Å²) >= 11 is 0. The van der Waals surface area contributed by atoms with E-state index in [4.69, 9.17) is 10.5 Å². The summed E-state index contributed by atoms with van der Waals surface area (Å²) in [5.74, 6) is 0.882. The summed E-state index contributed by atoms with van der Waals surface area (Å²) in [6, 6.07) is 0. The molecule has 3 aliphatic rings. The average molecular weight is 251 g/mol. The first-order chi connectivity index (χ1) is 8.59. The maximum Gasteiger partial charge on any atom is 0.0687 e. The fourth-order valence-corrected chi connectivity index (χ4v) is 4.42. The minimum atomic E-state index is 0.0846. The van der Waals surface area contributed by atoms with Gasteiger partial charge in [-0.1, -0.05) is 19.8 Å². The van der Waals surface area contributed by atoms with Gasteiger partial charge in [-0.05, 0) is 63.7 Å². The van der Waals surface area contributed by atoms with Gasteiger partial charge in [0.05, 0.1) is 11.7 Å². The predicted octanol–water partition coefficient (Wildman–Crippen LogP) is 3.78. The molecule has 2 aliphatic carbocycles. The summed E-state index contributed by atoms with van der Waals surface area (Å²) in [7, 11) is 0. The van der Waals surface area contributed by atoms with Crippen molar-refractivity contribution in [2.24, 2.45) is 11.7 Å². The zero-order valence-corrected chi connectivity index (χ0v) is 11.9. The van der Waals surface area contributed by atoms with E-state index in [1.54, 1.807) is 0 Å². The zero-order chi connectivity index (χ0) is 12.6. The lowest BCUT2D eigenvalue weighted by atomic mass is 9.75. The summed E-state index contributed by atoms with van der Waals surface area (Å²) in [6.45, 7) is 2.36. The third-order valence-electron chi connectivity index (χ3n) is 5.76. The van der Waals surface area contributed by atoms with E-state index in [1.165, 1.54) is 64.2 Å². The molecule has 2 saturated carbocycles. The normalized spacial score (nSPS) is 43.7. The number of hydrogen-bond donors (Lipinski definition) is 1. The van der Waals surface area contributed by atoms with E-state index in [-0.39, 0.29) is 11.1 Å². The Balaban J connectivity index is 1.54. The third-order valence-corrected chi connectivity index (χ3v) is 5.76. The van der Waals surface area contributed by atoms with Crippen LogP contribution in [-0.2, 0) is 4.74 Å². The van der Waals surface area contributed by atoms with Crippen LogP contribution in [0, 0.1) is 5.92 Å². The molecule has 3 rings (SSSR count). The summed E-state index contributed by atoms with van der Waals surface area (Å²) in [5.41, 5.74) is 6.97. The molecule has 2 nitrogen and oxygen atoms in total. The Morgan fingerprint density at radius 2 is 1.67 bits per heavy atom. The number of hydrogen-bond acceptors (Lipinski definition) is 2. The standard InChI is InChI=1S/C16H29NO/c1-13-4-9-15(17,10-5-13)12-14-6-11-16(18-14)7-2-3-8-16/h13-14H,2-12,17H2,1H3. The highest BCUT2D eigenvalue weighted by Gasteiger charge is 2.44. The van der Waals surface area contributed by atoms with Crippen LogP contribution < -0.4 is 5.73 Å². The monoisotopic (exact) mass is 251 g/mol. The number of nitrogens with two attached hydrogens (primary N) is 1. The Kier molecular flexibility index (Phi) is 3.44. The van der Waals surface area contributed by atoms with Gasteiger partial charge in [0.2, 0.25) is 0 Å². The molecule has 0 radical (unpaired) electrons. The summed E-state index contributed by atoms with van der Waals surface area (Å²) < 4.78 is 6.42. The molecule has 1 atom stereocenters. The van der Waals surface area contributed by atoms with Gasteiger partial charge in [-0.2, -0.15) is 0 Å². The van der Waals surface area contributed by atoms with Crippen LogP contribution in [0.1, 0.15) is 77.6 Å². The van der Waals surface area contributed by atoms with Crippen molar-refractivity contribution in [3.05, 3.63) is 0 Å². The van der Waals surface area contributed by atoms with Gasteiger partial charge in [0.25, 0.3) is 0 Å². The van der Waals surface area contributed by atoms with Crippen molar-refractivity contribution in [3.63, 3.8) is 0 Å². The molecule has 1 aliphatic heterocycles. The van der Waals surface area contributed by atoms with Crippen LogP contribution in [0.4, 0.5) is 0 Å². The topological polar surface area (TPSA) is 35.2 Å². The van der Waals surface area contributed by atoms with Gasteiger partial charge < -0.3 is 10.5 Å². The van der Waals surface area contributed by atoms with E-state index in [1.807, 2.05) is 0 Å². The Morgan fingerprint density at radius 1 is 1.00 bits per heavy atom. The van der Waals surface area contributed by atoms with Crippen molar-refractivity contribution < 1.29 is 4.74 Å². The van der Waals surface area contributed by atoms with Crippen molar-refractivity contribution in [2.45, 2.75) is 94.8 Å². The molecule has 18 heavy (non-hydrogen) atoms. The Labute approximate surface area is 112 Å². The largest absolute Gasteiger partial charge is 0.372 e. The van der Waals surface area contributed by atoms with Gasteiger partial charge in [0, 0.05) is 5.54 Å². The number of rotatable bonds is 2. The van der Waals surface area contributed by atoms with Gasteiger partial charge in [-0.3, -0.25) is 0 Å². The second-order valence-electron chi connectivity index (χ2n) is 7.42. The Bertz CT molecular complexity index is 287. The van der Waals surface area contributed by atoms with Crippen LogP contribution in [0.2, 0.25) is 0 Å². The summed E-state index contributed by atoms with van der Waals surface area (Å²) in [4.78, 5) is 0. The fraction of sp³-hybridized carbons (Fsp3) is 1.00. The minimum absolute atomic E-state index is 0.0846. The molecule has 2 N–H and O–H groups in total. The van der Waals surface area contributed by atoms with Crippen molar-refractivity contribution in [1.82, 2.24) is 0 Å². The molecule has 0 aromatic carbocycles. The van der Waals surface area contributed by atoms with Crippen molar-refractivity contribution in [2.75, 3.05) is 0 Å². The van der Waals surface area contributed by atoms with Gasteiger partial charge in [-0.25, -0.2) is 0 Å². The molecular weight excluding hydrogens is 222 g/mol. The average Bonchev–Trinajstić information content (AvgIpc) is 2.95. The lowest BCUT2D eigenvalue weighted by Crippen LogP contribution is -2.46. The van der Waals surface area contributed by atoms with Crippen LogP contribution in [-0.4, -0.2) is 17.2 Å². The van der Waals surface area contributed by atoms with E-state index >= 15 is 0 Å². The molecule has 2 heteroatoms. The Morgan fingerprint density at radius 3 is 2.33 bits per heavy atom. The highest BCUT2D eigenvalue weighted by molar-refractivity contribution is 4.97. The smallest absolute Gasteiger partial charge is 0.0687 e. The fourth-order valence-electron chi connectivity index (χ4n) is 4.42. The third kappa shape index (κ3) is 2.60. The quantitative estimate of drug-likeness (QED) is 0.810. The van der Waals surface area contributed by atoms with Gasteiger partial charge in [0.1, 0.15) is 0 Å². The maximum absolute atomic E-state index is 6.61. The lowest BCUT2D eigenvalue weighted by Gasteiger charge is -2.38. The minimum Gasteiger partial charge on any atom is -0.372 e. The van der Waals surface area contributed by atoms with E-state index in [9.17, 15) is 0 Å². The number of ether oxygens (including phenoxy) is 1. The molecular formula is C16H29NO. The van der Waals surface area contributed by atoms with E-state index in [0.717, 1.165) is 12.3 Å². The SMILES string of the molecule is CC1CCC(N)(CC2CCC3(CCCC3)O2)CC1. The first kappa shape index (κ1) is 12.9. The molecule has 3 fully saturated rings. The highest BCUT2D eigenvalue weighted by atomic mass is 16.5. The molecule has 0 aromatic rings. The summed E-state index contributed by atoms with van der Waals surface area (Å²) in [5, 5.41) is 0. The van der Waals surface area contributed by atoms with Gasteiger partial charge in [-0.15, -0.1) is 0 Å². The summed E-state index contributed by atoms with van der Waals surface area (Å²) in [6.07, 6.45) is 14.5. The maximum atomic E-state index is 6.61. The predicted molar refractivity (Wildman–Crippen MR) is 74.5 cm³/mol. The molecule has 1 spiro atoms. The molecule has 104 valence electrons. The second kappa shape index (κ2) is 4.79. The van der Waals surface area contributed by atoms with Gasteiger partial charge >= 0.3 is 0 Å². The molecule has 1 saturated heterocycles. The first-order valence-corrected chi connectivity index (χ1v) is 8.06. The van der Waals surface area contributed by atoms with Crippen LogP contribution in [0.3, 0.4) is 0 Å². The highest BCUT2D eigenvalue weighted by Crippen LogP contribution is 2.46. The van der Waals surface area contributed by atoms with Crippen LogP contribution in [0.5, 0.6) is 0 Å². The van der Waals surface area contributed by atoms with Crippen LogP contribution in [0.15, 0.2) is 0 Å². The Hall–Kier alpha value is -0.0800. The van der Waals surface area contributed by atoms with Crippen LogP contribution >= 0.6 is 0 Å². The molecule has 0 aromatic heterocycles. The van der Waals surface area contributed by atoms with Crippen LogP contribution in [0.25, 0.3) is 0 Å².